The molecule has 2 fully saturated rings. The molecule has 17 heavy (non-hydrogen) atoms. The van der Waals surface area contributed by atoms with E-state index in [1.165, 1.54) is 25.9 Å². The number of piperidine rings is 1. The molecule has 2 aliphatic heterocycles. The van der Waals surface area contributed by atoms with Crippen molar-refractivity contribution in [1.29, 1.82) is 0 Å². The minimum atomic E-state index is 0.334. The normalized spacial score (nSPS) is 24.1. The highest BCUT2D eigenvalue weighted by molar-refractivity contribution is 5.76. The van der Waals surface area contributed by atoms with E-state index in [2.05, 4.69) is 18.7 Å². The second-order valence-electron chi connectivity index (χ2n) is 5.88. The number of likely N-dealkylation sites (tertiary alicyclic amines) is 2. The standard InChI is InChI=1S/C14H26N2O/c1-4-14(17)16-9-13(10-16)12-5-7-15(8-6-12)11(2)3/h11-13H,4-10H2,1-3H3. The summed E-state index contributed by atoms with van der Waals surface area (Å²) in [5.74, 6) is 1.99. The first-order chi connectivity index (χ1) is 8.11. The number of carbonyl (C=O) groups is 1. The van der Waals surface area contributed by atoms with Crippen molar-refractivity contribution in [1.82, 2.24) is 9.80 Å². The second kappa shape index (κ2) is 5.38. The van der Waals surface area contributed by atoms with Crippen LogP contribution in [-0.4, -0.2) is 47.9 Å². The van der Waals surface area contributed by atoms with Gasteiger partial charge in [-0.3, -0.25) is 4.79 Å². The van der Waals surface area contributed by atoms with Gasteiger partial charge in [-0.15, -0.1) is 0 Å². The van der Waals surface area contributed by atoms with Crippen molar-refractivity contribution in [3.8, 4) is 0 Å². The van der Waals surface area contributed by atoms with Gasteiger partial charge in [0.15, 0.2) is 0 Å². The van der Waals surface area contributed by atoms with Crippen LogP contribution in [0.2, 0.25) is 0 Å². The monoisotopic (exact) mass is 238 g/mol. The van der Waals surface area contributed by atoms with Crippen LogP contribution in [0.15, 0.2) is 0 Å². The molecular weight excluding hydrogens is 212 g/mol. The zero-order valence-corrected chi connectivity index (χ0v) is 11.5. The van der Waals surface area contributed by atoms with Gasteiger partial charge in [-0.2, -0.15) is 0 Å². The lowest BCUT2D eigenvalue weighted by Crippen LogP contribution is -2.54. The van der Waals surface area contributed by atoms with Gasteiger partial charge in [0, 0.05) is 25.6 Å². The highest BCUT2D eigenvalue weighted by Gasteiger charge is 2.36. The Morgan fingerprint density at radius 3 is 2.24 bits per heavy atom. The molecule has 0 aliphatic carbocycles. The summed E-state index contributed by atoms with van der Waals surface area (Å²) in [5, 5.41) is 0. The first-order valence-electron chi connectivity index (χ1n) is 7.13. The number of hydrogen-bond acceptors (Lipinski definition) is 2. The second-order valence-corrected chi connectivity index (χ2v) is 5.88. The third kappa shape index (κ3) is 2.82. The molecule has 2 aliphatic rings. The van der Waals surface area contributed by atoms with Gasteiger partial charge in [0.25, 0.3) is 0 Å². The molecule has 2 saturated heterocycles. The summed E-state index contributed by atoms with van der Waals surface area (Å²) in [4.78, 5) is 16.1. The number of rotatable bonds is 3. The maximum absolute atomic E-state index is 11.5. The van der Waals surface area contributed by atoms with E-state index in [1.54, 1.807) is 0 Å². The third-order valence-electron chi connectivity index (χ3n) is 4.54. The van der Waals surface area contributed by atoms with Gasteiger partial charge >= 0.3 is 0 Å². The zero-order chi connectivity index (χ0) is 12.4. The Labute approximate surface area is 105 Å². The first kappa shape index (κ1) is 12.9. The SMILES string of the molecule is CCC(=O)N1CC(C2CCN(C(C)C)CC2)C1. The highest BCUT2D eigenvalue weighted by atomic mass is 16.2. The fourth-order valence-electron chi connectivity index (χ4n) is 3.15. The van der Waals surface area contributed by atoms with Crippen molar-refractivity contribution < 1.29 is 4.79 Å². The Balaban J connectivity index is 1.71. The molecule has 0 unspecified atom stereocenters. The molecule has 3 nitrogen and oxygen atoms in total. The van der Waals surface area contributed by atoms with Crippen molar-refractivity contribution in [2.45, 2.75) is 46.1 Å². The van der Waals surface area contributed by atoms with Crippen LogP contribution in [-0.2, 0) is 4.79 Å². The van der Waals surface area contributed by atoms with Crippen LogP contribution in [0, 0.1) is 11.8 Å². The third-order valence-corrected chi connectivity index (χ3v) is 4.54. The van der Waals surface area contributed by atoms with E-state index in [-0.39, 0.29) is 0 Å². The van der Waals surface area contributed by atoms with Crippen molar-refractivity contribution in [2.24, 2.45) is 11.8 Å². The van der Waals surface area contributed by atoms with E-state index >= 15 is 0 Å². The number of amides is 1. The van der Waals surface area contributed by atoms with Crippen molar-refractivity contribution >= 4 is 5.91 Å². The summed E-state index contributed by atoms with van der Waals surface area (Å²) in [6.45, 7) is 11.1. The molecule has 2 heterocycles. The van der Waals surface area contributed by atoms with E-state index in [9.17, 15) is 4.79 Å². The fourth-order valence-corrected chi connectivity index (χ4v) is 3.15. The lowest BCUT2D eigenvalue weighted by Gasteiger charge is -2.46. The summed E-state index contributed by atoms with van der Waals surface area (Å²) in [6, 6.07) is 0.690. The molecule has 0 aromatic carbocycles. The maximum atomic E-state index is 11.5. The fraction of sp³-hybridized carbons (Fsp3) is 0.929. The molecule has 0 radical (unpaired) electrons. The van der Waals surface area contributed by atoms with Crippen LogP contribution in [0.4, 0.5) is 0 Å². The van der Waals surface area contributed by atoms with Gasteiger partial charge in [-0.05, 0) is 51.6 Å². The van der Waals surface area contributed by atoms with Crippen molar-refractivity contribution in [2.75, 3.05) is 26.2 Å². The van der Waals surface area contributed by atoms with Crippen molar-refractivity contribution in [3.05, 3.63) is 0 Å². The predicted molar refractivity (Wildman–Crippen MR) is 69.8 cm³/mol. The lowest BCUT2D eigenvalue weighted by molar-refractivity contribution is -0.139. The molecule has 0 aromatic rings. The zero-order valence-electron chi connectivity index (χ0n) is 11.5. The molecule has 0 N–H and O–H groups in total. The Morgan fingerprint density at radius 1 is 1.18 bits per heavy atom. The molecular formula is C14H26N2O. The van der Waals surface area contributed by atoms with E-state index < -0.39 is 0 Å². The summed E-state index contributed by atoms with van der Waals surface area (Å²) >= 11 is 0. The maximum Gasteiger partial charge on any atom is 0.222 e. The predicted octanol–water partition coefficient (Wildman–Crippen LogP) is 1.98. The van der Waals surface area contributed by atoms with Crippen LogP contribution in [0.5, 0.6) is 0 Å². The van der Waals surface area contributed by atoms with Crippen LogP contribution in [0.1, 0.15) is 40.0 Å². The summed E-state index contributed by atoms with van der Waals surface area (Å²) in [6.07, 6.45) is 3.33. The quantitative estimate of drug-likeness (QED) is 0.750. The van der Waals surface area contributed by atoms with Gasteiger partial charge < -0.3 is 9.80 Å². The van der Waals surface area contributed by atoms with Crippen LogP contribution >= 0.6 is 0 Å². The summed E-state index contributed by atoms with van der Waals surface area (Å²) < 4.78 is 0. The van der Waals surface area contributed by atoms with E-state index in [0.29, 0.717) is 18.4 Å². The number of hydrogen-bond donors (Lipinski definition) is 0. The molecule has 0 saturated carbocycles. The van der Waals surface area contributed by atoms with Gasteiger partial charge in [0.2, 0.25) is 5.91 Å². The molecule has 0 bridgehead atoms. The number of carbonyl (C=O) groups excluding carboxylic acids is 1. The topological polar surface area (TPSA) is 23.6 Å². The average molecular weight is 238 g/mol. The molecule has 3 heteroatoms. The highest BCUT2D eigenvalue weighted by Crippen LogP contribution is 2.32. The first-order valence-corrected chi connectivity index (χ1v) is 7.13. The van der Waals surface area contributed by atoms with Crippen LogP contribution in [0.3, 0.4) is 0 Å². The van der Waals surface area contributed by atoms with E-state index in [0.717, 1.165) is 24.9 Å². The Hall–Kier alpha value is -0.570. The van der Waals surface area contributed by atoms with Gasteiger partial charge in [-0.1, -0.05) is 6.92 Å². The largest absolute Gasteiger partial charge is 0.342 e. The molecule has 2 rings (SSSR count). The Bertz CT molecular complexity index is 263. The van der Waals surface area contributed by atoms with Gasteiger partial charge in [0.05, 0.1) is 0 Å². The van der Waals surface area contributed by atoms with Crippen molar-refractivity contribution in [3.63, 3.8) is 0 Å². The molecule has 0 spiro atoms. The molecule has 0 aromatic heterocycles. The van der Waals surface area contributed by atoms with Gasteiger partial charge in [0.1, 0.15) is 0 Å². The van der Waals surface area contributed by atoms with Gasteiger partial charge in [-0.25, -0.2) is 0 Å². The smallest absolute Gasteiger partial charge is 0.222 e. The Kier molecular flexibility index (Phi) is 4.08. The minimum absolute atomic E-state index is 0.334. The van der Waals surface area contributed by atoms with E-state index in [1.807, 2.05) is 11.8 Å². The molecule has 98 valence electrons. The van der Waals surface area contributed by atoms with Crippen LogP contribution < -0.4 is 0 Å². The summed E-state index contributed by atoms with van der Waals surface area (Å²) in [7, 11) is 0. The molecule has 1 amide bonds. The van der Waals surface area contributed by atoms with Crippen LogP contribution in [0.25, 0.3) is 0 Å². The average Bonchev–Trinajstić information content (AvgIpc) is 2.27. The lowest BCUT2D eigenvalue weighted by atomic mass is 9.79. The number of nitrogens with zero attached hydrogens (tertiary/aromatic N) is 2. The Morgan fingerprint density at radius 2 is 1.76 bits per heavy atom. The minimum Gasteiger partial charge on any atom is -0.342 e. The summed E-state index contributed by atoms with van der Waals surface area (Å²) in [5.41, 5.74) is 0. The molecule has 0 atom stereocenters. The van der Waals surface area contributed by atoms with E-state index in [4.69, 9.17) is 0 Å².